The highest BCUT2D eigenvalue weighted by Gasteiger charge is 2.46. The van der Waals surface area contributed by atoms with Gasteiger partial charge in [-0.05, 0) is 17.7 Å². The van der Waals surface area contributed by atoms with Gasteiger partial charge in [0.05, 0.1) is 26.0 Å². The van der Waals surface area contributed by atoms with Crippen molar-refractivity contribution in [2.24, 2.45) is 0 Å². The summed E-state index contributed by atoms with van der Waals surface area (Å²) in [6.07, 6.45) is 1.93. The summed E-state index contributed by atoms with van der Waals surface area (Å²) in [4.78, 5) is 45.7. The molecule has 3 aliphatic heterocycles. The van der Waals surface area contributed by atoms with E-state index in [4.69, 9.17) is 14.2 Å². The van der Waals surface area contributed by atoms with Gasteiger partial charge in [0.25, 0.3) is 5.91 Å². The lowest BCUT2D eigenvalue weighted by atomic mass is 9.96. The minimum Gasteiger partial charge on any atom is -0.451 e. The molecule has 11 nitrogen and oxygen atoms in total. The molecule has 1 aromatic carbocycles. The molecule has 3 aromatic rings. The van der Waals surface area contributed by atoms with Gasteiger partial charge in [0, 0.05) is 41.2 Å². The highest BCUT2D eigenvalue weighted by Crippen LogP contribution is 2.43. The molecule has 6 rings (SSSR count). The van der Waals surface area contributed by atoms with Gasteiger partial charge >= 0.3 is 6.16 Å². The second-order valence-corrected chi connectivity index (χ2v) is 9.78. The molecule has 0 N–H and O–H groups in total. The van der Waals surface area contributed by atoms with Crippen molar-refractivity contribution in [3.8, 4) is 5.75 Å². The zero-order chi connectivity index (χ0) is 26.2. The van der Waals surface area contributed by atoms with Crippen LogP contribution >= 0.6 is 11.8 Å². The maximum Gasteiger partial charge on any atom is 0.510 e. The van der Waals surface area contributed by atoms with Crippen LogP contribution in [0.2, 0.25) is 0 Å². The number of rotatable bonds is 4. The van der Waals surface area contributed by atoms with E-state index in [0.29, 0.717) is 18.9 Å². The van der Waals surface area contributed by atoms with Gasteiger partial charge in [-0.2, -0.15) is 0 Å². The third-order valence-electron chi connectivity index (χ3n) is 6.77. The Morgan fingerprint density at radius 1 is 1.16 bits per heavy atom. The molecule has 38 heavy (non-hydrogen) atoms. The summed E-state index contributed by atoms with van der Waals surface area (Å²) in [5.41, 5.74) is 2.51. The van der Waals surface area contributed by atoms with Crippen molar-refractivity contribution in [1.29, 1.82) is 0 Å². The highest BCUT2D eigenvalue weighted by molar-refractivity contribution is 7.98. The molecule has 196 valence electrons. The van der Waals surface area contributed by atoms with Crippen molar-refractivity contribution >= 4 is 23.8 Å². The molecular weight excluding hydrogens is 512 g/mol. The first kappa shape index (κ1) is 24.3. The molecule has 0 radical (unpaired) electrons. The molecule has 5 heterocycles. The van der Waals surface area contributed by atoms with Crippen LogP contribution in [-0.4, -0.2) is 66.4 Å². The molecule has 1 amide bonds. The Balaban J connectivity index is 1.55. The van der Waals surface area contributed by atoms with E-state index in [2.05, 4.69) is 26.9 Å². The van der Waals surface area contributed by atoms with E-state index in [9.17, 15) is 14.4 Å². The standard InChI is InChI=1S/C26H24N4O7S/c1-34-26(33)37-15-36-24-19(31)8-10-29-23(24)25(32)28-11-12-35-13-21(28)30(29)22-16-6-4-9-27-18(16)14-38-20-7-3-2-5-17(20)22/h2-10,21-22H,11-15H2,1H3/t21-,22+/m1/s1. The quantitative estimate of drug-likeness (QED) is 0.364. The second-order valence-electron chi connectivity index (χ2n) is 8.77. The summed E-state index contributed by atoms with van der Waals surface area (Å²) in [5.74, 6) is 0.111. The van der Waals surface area contributed by atoms with Crippen molar-refractivity contribution in [2.45, 2.75) is 22.9 Å². The lowest BCUT2D eigenvalue weighted by Crippen LogP contribution is -2.66. The van der Waals surface area contributed by atoms with E-state index in [0.717, 1.165) is 28.8 Å². The predicted molar refractivity (Wildman–Crippen MR) is 136 cm³/mol. The number of carbonyl (C=O) groups is 2. The largest absolute Gasteiger partial charge is 0.510 e. The van der Waals surface area contributed by atoms with Crippen LogP contribution in [0.15, 0.2) is 64.5 Å². The summed E-state index contributed by atoms with van der Waals surface area (Å²) < 4.78 is 22.4. The van der Waals surface area contributed by atoms with E-state index < -0.39 is 24.5 Å². The number of aromatic nitrogens is 2. The normalized spacial score (nSPS) is 19.9. The van der Waals surface area contributed by atoms with Crippen LogP contribution in [0.25, 0.3) is 0 Å². The summed E-state index contributed by atoms with van der Waals surface area (Å²) in [6, 6.07) is 13.1. The third kappa shape index (κ3) is 4.05. The smallest absolute Gasteiger partial charge is 0.451 e. The van der Waals surface area contributed by atoms with Crippen LogP contribution in [0.5, 0.6) is 5.75 Å². The Morgan fingerprint density at radius 3 is 2.87 bits per heavy atom. The molecule has 0 saturated carbocycles. The molecule has 0 aliphatic carbocycles. The number of thioether (sulfide) groups is 1. The molecule has 3 aliphatic rings. The Kier molecular flexibility index (Phi) is 6.42. The van der Waals surface area contributed by atoms with Crippen LogP contribution in [0, 0.1) is 0 Å². The number of ether oxygens (including phenoxy) is 4. The lowest BCUT2D eigenvalue weighted by molar-refractivity contribution is -0.0209. The van der Waals surface area contributed by atoms with Crippen LogP contribution in [0.1, 0.15) is 33.4 Å². The average molecular weight is 537 g/mol. The van der Waals surface area contributed by atoms with E-state index in [1.54, 1.807) is 33.7 Å². The minimum absolute atomic E-state index is 0.0453. The number of carbonyl (C=O) groups excluding carboxylic acids is 2. The maximum absolute atomic E-state index is 13.8. The molecule has 1 saturated heterocycles. The van der Waals surface area contributed by atoms with Gasteiger partial charge in [-0.25, -0.2) is 4.79 Å². The van der Waals surface area contributed by atoms with Crippen molar-refractivity contribution in [1.82, 2.24) is 14.6 Å². The average Bonchev–Trinajstić information content (AvgIpc) is 3.11. The first-order valence-corrected chi connectivity index (χ1v) is 13.0. The Morgan fingerprint density at radius 2 is 2.00 bits per heavy atom. The summed E-state index contributed by atoms with van der Waals surface area (Å²) in [6.45, 7) is 0.392. The number of hydrogen-bond acceptors (Lipinski definition) is 10. The van der Waals surface area contributed by atoms with Crippen LogP contribution < -0.4 is 15.2 Å². The van der Waals surface area contributed by atoms with Gasteiger partial charge < -0.3 is 23.8 Å². The van der Waals surface area contributed by atoms with Crippen LogP contribution in [0.4, 0.5) is 4.79 Å². The zero-order valence-corrected chi connectivity index (χ0v) is 21.3. The number of morpholine rings is 1. The fourth-order valence-electron chi connectivity index (χ4n) is 5.11. The summed E-state index contributed by atoms with van der Waals surface area (Å²) >= 11 is 1.71. The van der Waals surface area contributed by atoms with Gasteiger partial charge in [-0.15, -0.1) is 11.8 Å². The fraction of sp³-hybridized carbons (Fsp3) is 0.308. The molecule has 1 fully saturated rings. The second kappa shape index (κ2) is 10.0. The first-order valence-electron chi connectivity index (χ1n) is 12.0. The number of hydrogen-bond donors (Lipinski definition) is 0. The van der Waals surface area contributed by atoms with Gasteiger partial charge in [-0.3, -0.25) is 24.3 Å². The van der Waals surface area contributed by atoms with Crippen molar-refractivity contribution in [2.75, 3.05) is 38.7 Å². The number of amides is 1. The van der Waals surface area contributed by atoms with Crippen LogP contribution in [0.3, 0.4) is 0 Å². The summed E-state index contributed by atoms with van der Waals surface area (Å²) in [5, 5.41) is 2.05. The van der Waals surface area contributed by atoms with Gasteiger partial charge in [0.15, 0.2) is 5.69 Å². The molecule has 0 unspecified atom stereocenters. The number of methoxy groups -OCH3 is 1. The van der Waals surface area contributed by atoms with Crippen molar-refractivity contribution in [3.05, 3.63) is 87.6 Å². The number of nitrogens with zero attached hydrogens (tertiary/aromatic N) is 4. The number of fused-ring (bicyclic) bond motifs is 4. The number of pyridine rings is 2. The molecular formula is C26H24N4O7S. The van der Waals surface area contributed by atoms with E-state index in [-0.39, 0.29) is 30.0 Å². The number of benzene rings is 1. The van der Waals surface area contributed by atoms with Gasteiger partial charge in [-0.1, -0.05) is 24.3 Å². The zero-order valence-electron chi connectivity index (χ0n) is 20.4. The topological polar surface area (TPSA) is 112 Å². The van der Waals surface area contributed by atoms with Crippen molar-refractivity contribution < 1.29 is 28.5 Å². The molecule has 2 aromatic heterocycles. The minimum atomic E-state index is -0.965. The SMILES string of the molecule is COC(=O)OCOc1c2n(ccc1=O)N([C@@H]1c3ccccc3SCc3ncccc31)[C@@H]1COCCN1C2=O. The van der Waals surface area contributed by atoms with Gasteiger partial charge in [0.2, 0.25) is 18.0 Å². The Bertz CT molecular complexity index is 1410. The molecule has 2 atom stereocenters. The summed E-state index contributed by atoms with van der Waals surface area (Å²) in [7, 11) is 1.16. The van der Waals surface area contributed by atoms with Crippen LogP contribution in [-0.2, 0) is 20.0 Å². The van der Waals surface area contributed by atoms with Crippen molar-refractivity contribution in [3.63, 3.8) is 0 Å². The highest BCUT2D eigenvalue weighted by atomic mass is 32.2. The first-order chi connectivity index (χ1) is 18.6. The van der Waals surface area contributed by atoms with Gasteiger partial charge in [0.1, 0.15) is 12.2 Å². The van der Waals surface area contributed by atoms with E-state index in [1.165, 1.54) is 6.07 Å². The lowest BCUT2D eigenvalue weighted by Gasteiger charge is -2.51. The molecule has 12 heteroatoms. The molecule has 0 bridgehead atoms. The Labute approximate surface area is 221 Å². The van der Waals surface area contributed by atoms with E-state index in [1.807, 2.05) is 24.3 Å². The fourth-order valence-corrected chi connectivity index (χ4v) is 6.17. The van der Waals surface area contributed by atoms with E-state index >= 15 is 0 Å². The maximum atomic E-state index is 13.8. The third-order valence-corrected chi connectivity index (χ3v) is 7.87. The molecule has 0 spiro atoms. The predicted octanol–water partition coefficient (Wildman–Crippen LogP) is 2.51. The Hall–Kier alpha value is -4.03. The monoisotopic (exact) mass is 536 g/mol.